The van der Waals surface area contributed by atoms with Gasteiger partial charge < -0.3 is 4.90 Å². The summed E-state index contributed by atoms with van der Waals surface area (Å²) in [7, 11) is 0. The van der Waals surface area contributed by atoms with Gasteiger partial charge in [-0.15, -0.1) is 0 Å². The second-order valence-electron chi connectivity index (χ2n) is 4.84. The van der Waals surface area contributed by atoms with E-state index in [4.69, 9.17) is 0 Å². The second kappa shape index (κ2) is 5.15. The Morgan fingerprint density at radius 1 is 1.42 bits per heavy atom. The molecule has 1 heterocycles. The Labute approximate surface area is 117 Å². The molecule has 0 spiro atoms. The van der Waals surface area contributed by atoms with Gasteiger partial charge in [0.05, 0.1) is 5.56 Å². The van der Waals surface area contributed by atoms with E-state index in [2.05, 4.69) is 15.9 Å². The first-order valence-corrected chi connectivity index (χ1v) is 6.74. The molecular formula is C13H13BrF3NO. The van der Waals surface area contributed by atoms with Gasteiger partial charge in [-0.3, -0.25) is 4.79 Å². The zero-order valence-electron chi connectivity index (χ0n) is 10.3. The normalized spacial score (nSPS) is 19.8. The van der Waals surface area contributed by atoms with Gasteiger partial charge in [-0.25, -0.2) is 0 Å². The van der Waals surface area contributed by atoms with Gasteiger partial charge in [0.15, 0.2) is 0 Å². The number of hydrogen-bond acceptors (Lipinski definition) is 1. The Kier molecular flexibility index (Phi) is 3.90. The summed E-state index contributed by atoms with van der Waals surface area (Å²) in [5.74, 6) is 0.0730. The van der Waals surface area contributed by atoms with Crippen LogP contribution in [0.25, 0.3) is 0 Å². The van der Waals surface area contributed by atoms with E-state index in [0.717, 1.165) is 12.5 Å². The zero-order chi connectivity index (χ0) is 14.2. The Morgan fingerprint density at radius 3 is 2.63 bits per heavy atom. The average Bonchev–Trinajstić information content (AvgIpc) is 2.74. The van der Waals surface area contributed by atoms with Crippen molar-refractivity contribution in [2.45, 2.75) is 19.5 Å². The fraction of sp³-hybridized carbons (Fsp3) is 0.462. The van der Waals surface area contributed by atoms with Crippen molar-refractivity contribution in [2.75, 3.05) is 13.1 Å². The van der Waals surface area contributed by atoms with Crippen molar-refractivity contribution in [3.8, 4) is 0 Å². The van der Waals surface area contributed by atoms with Crippen molar-refractivity contribution in [3.05, 3.63) is 33.8 Å². The Morgan fingerprint density at radius 2 is 2.11 bits per heavy atom. The number of likely N-dealkylation sites (tertiary alicyclic amines) is 1. The van der Waals surface area contributed by atoms with Crippen molar-refractivity contribution in [1.29, 1.82) is 0 Å². The van der Waals surface area contributed by atoms with Gasteiger partial charge in [0.2, 0.25) is 0 Å². The molecule has 1 amide bonds. The lowest BCUT2D eigenvalue weighted by Crippen LogP contribution is -2.28. The predicted molar refractivity (Wildman–Crippen MR) is 68.8 cm³/mol. The molecule has 0 N–H and O–H groups in total. The summed E-state index contributed by atoms with van der Waals surface area (Å²) in [5, 5.41) is 0. The molecule has 6 heteroatoms. The number of nitrogens with zero attached hydrogens (tertiary/aromatic N) is 1. The monoisotopic (exact) mass is 335 g/mol. The number of amides is 1. The molecule has 1 aromatic carbocycles. The molecule has 1 aromatic rings. The second-order valence-corrected chi connectivity index (χ2v) is 5.69. The summed E-state index contributed by atoms with van der Waals surface area (Å²) in [5.41, 5.74) is -0.727. The minimum Gasteiger partial charge on any atom is -0.338 e. The van der Waals surface area contributed by atoms with E-state index in [1.807, 2.05) is 6.92 Å². The molecule has 1 saturated heterocycles. The lowest BCUT2D eigenvalue weighted by molar-refractivity contribution is -0.138. The quantitative estimate of drug-likeness (QED) is 0.760. The van der Waals surface area contributed by atoms with E-state index in [9.17, 15) is 18.0 Å². The third-order valence-corrected chi connectivity index (χ3v) is 3.92. The molecule has 19 heavy (non-hydrogen) atoms. The fourth-order valence-electron chi connectivity index (χ4n) is 2.18. The summed E-state index contributed by atoms with van der Waals surface area (Å²) >= 11 is 2.86. The maximum atomic E-state index is 12.8. The van der Waals surface area contributed by atoms with Crippen LogP contribution in [0.15, 0.2) is 22.7 Å². The predicted octanol–water partition coefficient (Wildman–Crippen LogP) is 3.95. The number of rotatable bonds is 1. The third kappa shape index (κ3) is 3.11. The Bertz CT molecular complexity index is 501. The van der Waals surface area contributed by atoms with E-state index < -0.39 is 11.7 Å². The van der Waals surface area contributed by atoms with E-state index in [-0.39, 0.29) is 15.9 Å². The van der Waals surface area contributed by atoms with Crippen LogP contribution < -0.4 is 0 Å². The third-order valence-electron chi connectivity index (χ3n) is 3.23. The molecular weight excluding hydrogens is 323 g/mol. The van der Waals surface area contributed by atoms with E-state index in [0.29, 0.717) is 19.0 Å². The van der Waals surface area contributed by atoms with Gasteiger partial charge in [0.1, 0.15) is 0 Å². The molecule has 0 aliphatic carbocycles. The molecule has 0 saturated carbocycles. The summed E-state index contributed by atoms with van der Waals surface area (Å²) in [4.78, 5) is 13.7. The number of alkyl halides is 3. The summed E-state index contributed by atoms with van der Waals surface area (Å²) in [6.45, 7) is 3.24. The number of carbonyl (C=O) groups excluding carboxylic acids is 1. The van der Waals surface area contributed by atoms with Gasteiger partial charge >= 0.3 is 6.18 Å². The highest BCUT2D eigenvalue weighted by Gasteiger charge is 2.34. The molecule has 1 fully saturated rings. The summed E-state index contributed by atoms with van der Waals surface area (Å²) in [6.07, 6.45) is -3.57. The molecule has 1 atom stereocenters. The molecule has 0 radical (unpaired) electrons. The number of benzene rings is 1. The average molecular weight is 336 g/mol. The van der Waals surface area contributed by atoms with Crippen LogP contribution in [0.5, 0.6) is 0 Å². The van der Waals surface area contributed by atoms with Crippen molar-refractivity contribution in [2.24, 2.45) is 5.92 Å². The Balaban J connectivity index is 2.28. The highest BCUT2D eigenvalue weighted by Crippen LogP contribution is 2.35. The molecule has 2 nitrogen and oxygen atoms in total. The lowest BCUT2D eigenvalue weighted by atomic mass is 10.1. The minimum atomic E-state index is -4.46. The number of halogens is 4. The van der Waals surface area contributed by atoms with E-state index in [1.54, 1.807) is 4.90 Å². The van der Waals surface area contributed by atoms with Gasteiger partial charge in [0.25, 0.3) is 5.91 Å². The van der Waals surface area contributed by atoms with Crippen molar-refractivity contribution in [3.63, 3.8) is 0 Å². The highest BCUT2D eigenvalue weighted by atomic mass is 79.9. The molecule has 1 aliphatic rings. The van der Waals surface area contributed by atoms with Crippen molar-refractivity contribution >= 4 is 21.8 Å². The smallest absolute Gasteiger partial charge is 0.338 e. The first-order chi connectivity index (χ1) is 8.79. The first kappa shape index (κ1) is 14.4. The summed E-state index contributed by atoms with van der Waals surface area (Å²) in [6, 6.07) is 3.61. The van der Waals surface area contributed by atoms with Crippen LogP contribution in [0.4, 0.5) is 13.2 Å². The first-order valence-electron chi connectivity index (χ1n) is 5.95. The molecule has 104 valence electrons. The SMILES string of the molecule is CC1CCN(C(=O)c2ccc(Br)c(C(F)(F)F)c2)C1. The van der Waals surface area contributed by atoms with Crippen LogP contribution in [0.3, 0.4) is 0 Å². The van der Waals surface area contributed by atoms with E-state index >= 15 is 0 Å². The molecule has 0 aromatic heterocycles. The van der Waals surface area contributed by atoms with Crippen LogP contribution >= 0.6 is 15.9 Å². The number of carbonyl (C=O) groups is 1. The maximum absolute atomic E-state index is 12.8. The van der Waals surface area contributed by atoms with Crippen molar-refractivity contribution < 1.29 is 18.0 Å². The maximum Gasteiger partial charge on any atom is 0.417 e. The van der Waals surface area contributed by atoms with E-state index in [1.165, 1.54) is 12.1 Å². The van der Waals surface area contributed by atoms with Crippen molar-refractivity contribution in [1.82, 2.24) is 4.90 Å². The molecule has 1 unspecified atom stereocenters. The Hall–Kier alpha value is -1.04. The van der Waals surface area contributed by atoms with Gasteiger partial charge in [-0.05, 0) is 30.5 Å². The molecule has 1 aliphatic heterocycles. The standard InChI is InChI=1S/C13H13BrF3NO/c1-8-4-5-18(7-8)12(19)9-2-3-11(14)10(6-9)13(15,16)17/h2-3,6,8H,4-5,7H2,1H3. The van der Waals surface area contributed by atoms with Gasteiger partial charge in [-0.1, -0.05) is 22.9 Å². The molecule has 0 bridgehead atoms. The topological polar surface area (TPSA) is 20.3 Å². The lowest BCUT2D eigenvalue weighted by Gasteiger charge is -2.17. The van der Waals surface area contributed by atoms with Crippen LogP contribution in [-0.2, 0) is 6.18 Å². The highest BCUT2D eigenvalue weighted by molar-refractivity contribution is 9.10. The molecule has 2 rings (SSSR count). The fourth-order valence-corrected chi connectivity index (χ4v) is 2.65. The van der Waals surface area contributed by atoms with Crippen LogP contribution in [0.2, 0.25) is 0 Å². The largest absolute Gasteiger partial charge is 0.417 e. The van der Waals surface area contributed by atoms with Crippen LogP contribution in [-0.4, -0.2) is 23.9 Å². The van der Waals surface area contributed by atoms with Gasteiger partial charge in [-0.2, -0.15) is 13.2 Å². The summed E-state index contributed by atoms with van der Waals surface area (Å²) < 4.78 is 38.3. The zero-order valence-corrected chi connectivity index (χ0v) is 11.9. The minimum absolute atomic E-state index is 0.0497. The van der Waals surface area contributed by atoms with Crippen LogP contribution in [0, 0.1) is 5.92 Å². The number of hydrogen-bond donors (Lipinski definition) is 0. The van der Waals surface area contributed by atoms with Crippen LogP contribution in [0.1, 0.15) is 29.3 Å². The van der Waals surface area contributed by atoms with Gasteiger partial charge in [0, 0.05) is 23.1 Å².